The molecule has 4 rings (SSSR count). The van der Waals surface area contributed by atoms with Gasteiger partial charge in [0, 0.05) is 30.0 Å². The maximum atomic E-state index is 12.9. The topological polar surface area (TPSA) is 50.2 Å². The van der Waals surface area contributed by atoms with Gasteiger partial charge in [-0.2, -0.15) is 5.10 Å². The van der Waals surface area contributed by atoms with E-state index in [-0.39, 0.29) is 11.9 Å². The van der Waals surface area contributed by atoms with Gasteiger partial charge in [0.2, 0.25) is 5.91 Å². The Morgan fingerprint density at radius 3 is 2.83 bits per heavy atom. The average molecular weight is 324 g/mol. The second-order valence-electron chi connectivity index (χ2n) is 6.91. The van der Waals surface area contributed by atoms with Gasteiger partial charge in [0.15, 0.2) is 0 Å². The van der Waals surface area contributed by atoms with Crippen molar-refractivity contribution in [3.8, 4) is 0 Å². The minimum Gasteiger partial charge on any atom is -0.324 e. The standard InChI is InChI=1S/C19H24N4O/c1-13-15(12-20-22(13)2)17-8-5-11-23(17)18-10-9-14-6-3-4-7-16(14)21-19(18)24/h3-4,6-7,12,17-18H,5,8-11H2,1-2H3,(H,21,24)/t17-,18+/m0/s1. The quantitative estimate of drug-likeness (QED) is 0.924. The zero-order valence-electron chi connectivity index (χ0n) is 14.3. The Labute approximate surface area is 142 Å². The first-order valence-electron chi connectivity index (χ1n) is 8.78. The van der Waals surface area contributed by atoms with Crippen molar-refractivity contribution in [1.82, 2.24) is 14.7 Å². The Balaban J connectivity index is 1.61. The Kier molecular flexibility index (Phi) is 3.88. The number of likely N-dealkylation sites (tertiary alicyclic amines) is 1. The zero-order chi connectivity index (χ0) is 16.7. The minimum atomic E-state index is -0.0653. The van der Waals surface area contributed by atoms with Crippen LogP contribution in [0.3, 0.4) is 0 Å². The molecular formula is C19H24N4O. The number of amides is 1. The van der Waals surface area contributed by atoms with Crippen molar-refractivity contribution >= 4 is 11.6 Å². The Bertz CT molecular complexity index is 766. The highest BCUT2D eigenvalue weighted by Gasteiger charge is 2.37. The van der Waals surface area contributed by atoms with Gasteiger partial charge in [-0.3, -0.25) is 14.4 Å². The molecule has 2 atom stereocenters. The lowest BCUT2D eigenvalue weighted by atomic mass is 10.0. The third-order valence-electron chi connectivity index (χ3n) is 5.59. The Morgan fingerprint density at radius 1 is 1.21 bits per heavy atom. The molecule has 2 aromatic rings. The van der Waals surface area contributed by atoms with E-state index < -0.39 is 0 Å². The average Bonchev–Trinajstić information content (AvgIpc) is 3.12. The number of carbonyl (C=O) groups is 1. The molecule has 0 spiro atoms. The predicted molar refractivity (Wildman–Crippen MR) is 93.8 cm³/mol. The molecule has 5 nitrogen and oxygen atoms in total. The fourth-order valence-electron chi connectivity index (χ4n) is 4.15. The molecule has 0 bridgehead atoms. The molecule has 0 aliphatic carbocycles. The van der Waals surface area contributed by atoms with E-state index in [1.807, 2.05) is 36.1 Å². The zero-order valence-corrected chi connectivity index (χ0v) is 14.3. The number of carbonyl (C=O) groups excluding carboxylic acids is 1. The molecule has 0 radical (unpaired) electrons. The summed E-state index contributed by atoms with van der Waals surface area (Å²) in [4.78, 5) is 15.3. The van der Waals surface area contributed by atoms with Gasteiger partial charge in [-0.15, -0.1) is 0 Å². The highest BCUT2D eigenvalue weighted by Crippen LogP contribution is 2.37. The van der Waals surface area contributed by atoms with Gasteiger partial charge in [0.1, 0.15) is 0 Å². The van der Waals surface area contributed by atoms with Crippen LogP contribution in [0.25, 0.3) is 0 Å². The lowest BCUT2D eigenvalue weighted by molar-refractivity contribution is -0.121. The van der Waals surface area contributed by atoms with Crippen LogP contribution in [0.15, 0.2) is 30.5 Å². The molecule has 5 heteroatoms. The summed E-state index contributed by atoms with van der Waals surface area (Å²) in [6.45, 7) is 3.09. The highest BCUT2D eigenvalue weighted by molar-refractivity contribution is 5.96. The van der Waals surface area contributed by atoms with Crippen LogP contribution in [-0.4, -0.2) is 33.2 Å². The maximum absolute atomic E-state index is 12.9. The van der Waals surface area contributed by atoms with E-state index >= 15 is 0 Å². The first-order chi connectivity index (χ1) is 11.6. The minimum absolute atomic E-state index is 0.0653. The van der Waals surface area contributed by atoms with Crippen molar-refractivity contribution in [2.24, 2.45) is 7.05 Å². The normalized spacial score (nSPS) is 24.5. The summed E-state index contributed by atoms with van der Waals surface area (Å²) in [6, 6.07) is 8.38. The van der Waals surface area contributed by atoms with Gasteiger partial charge >= 0.3 is 0 Å². The number of para-hydroxylation sites is 1. The van der Waals surface area contributed by atoms with Gasteiger partial charge in [-0.1, -0.05) is 18.2 Å². The van der Waals surface area contributed by atoms with Gasteiger partial charge in [-0.05, 0) is 50.8 Å². The number of hydrogen-bond acceptors (Lipinski definition) is 3. The van der Waals surface area contributed by atoms with Gasteiger partial charge in [-0.25, -0.2) is 0 Å². The number of nitrogens with zero attached hydrogens (tertiary/aromatic N) is 3. The molecule has 0 unspecified atom stereocenters. The monoisotopic (exact) mass is 324 g/mol. The van der Waals surface area contributed by atoms with Crippen LogP contribution in [0.4, 0.5) is 5.69 Å². The van der Waals surface area contributed by atoms with E-state index in [1.165, 1.54) is 16.8 Å². The third kappa shape index (κ3) is 2.53. The molecule has 2 aliphatic rings. The number of aryl methyl sites for hydroxylation is 2. The number of rotatable bonds is 2. The number of nitrogens with one attached hydrogen (secondary N) is 1. The molecule has 1 fully saturated rings. The number of hydrogen-bond donors (Lipinski definition) is 1. The Hall–Kier alpha value is -2.14. The van der Waals surface area contributed by atoms with Crippen molar-refractivity contribution in [2.75, 3.05) is 11.9 Å². The molecule has 3 heterocycles. The molecule has 126 valence electrons. The maximum Gasteiger partial charge on any atom is 0.241 e. The first kappa shape index (κ1) is 15.4. The van der Waals surface area contributed by atoms with E-state index in [1.54, 1.807) is 0 Å². The van der Waals surface area contributed by atoms with E-state index in [0.717, 1.165) is 37.9 Å². The predicted octanol–water partition coefficient (Wildman–Crippen LogP) is 2.82. The number of anilines is 1. The molecule has 0 saturated carbocycles. The van der Waals surface area contributed by atoms with Crippen LogP contribution in [-0.2, 0) is 18.3 Å². The van der Waals surface area contributed by atoms with E-state index in [4.69, 9.17) is 0 Å². The van der Waals surface area contributed by atoms with Crippen LogP contribution >= 0.6 is 0 Å². The van der Waals surface area contributed by atoms with Crippen molar-refractivity contribution in [3.05, 3.63) is 47.3 Å². The van der Waals surface area contributed by atoms with Crippen LogP contribution in [0.1, 0.15) is 42.1 Å². The summed E-state index contributed by atoms with van der Waals surface area (Å²) >= 11 is 0. The fraction of sp³-hybridized carbons (Fsp3) is 0.474. The summed E-state index contributed by atoms with van der Waals surface area (Å²) in [5.41, 5.74) is 4.67. The summed E-state index contributed by atoms with van der Waals surface area (Å²) < 4.78 is 1.93. The van der Waals surface area contributed by atoms with Crippen LogP contribution in [0, 0.1) is 6.92 Å². The molecular weight excluding hydrogens is 300 g/mol. The summed E-state index contributed by atoms with van der Waals surface area (Å²) in [5.74, 6) is 0.133. The van der Waals surface area contributed by atoms with Gasteiger partial charge < -0.3 is 5.32 Å². The van der Waals surface area contributed by atoms with Gasteiger partial charge in [0.25, 0.3) is 0 Å². The first-order valence-corrected chi connectivity index (χ1v) is 8.78. The van der Waals surface area contributed by atoms with Crippen molar-refractivity contribution in [3.63, 3.8) is 0 Å². The molecule has 1 amide bonds. The number of benzene rings is 1. The number of fused-ring (bicyclic) bond motifs is 1. The van der Waals surface area contributed by atoms with Crippen LogP contribution in [0.2, 0.25) is 0 Å². The lowest BCUT2D eigenvalue weighted by Crippen LogP contribution is -2.43. The second-order valence-corrected chi connectivity index (χ2v) is 6.91. The lowest BCUT2D eigenvalue weighted by Gasteiger charge is -2.31. The van der Waals surface area contributed by atoms with E-state index in [2.05, 4.69) is 28.3 Å². The molecule has 1 saturated heterocycles. The smallest absolute Gasteiger partial charge is 0.241 e. The van der Waals surface area contributed by atoms with Crippen molar-refractivity contribution in [1.29, 1.82) is 0 Å². The molecule has 1 aromatic carbocycles. The van der Waals surface area contributed by atoms with Crippen LogP contribution < -0.4 is 5.32 Å². The molecule has 2 aliphatic heterocycles. The third-order valence-corrected chi connectivity index (χ3v) is 5.59. The largest absolute Gasteiger partial charge is 0.324 e. The SMILES string of the molecule is Cc1c([C@@H]2CCCN2[C@@H]2CCc3ccccc3NC2=O)cnn1C. The molecule has 24 heavy (non-hydrogen) atoms. The van der Waals surface area contributed by atoms with E-state index in [0.29, 0.717) is 6.04 Å². The second kappa shape index (κ2) is 6.06. The highest BCUT2D eigenvalue weighted by atomic mass is 16.2. The molecule has 1 aromatic heterocycles. The van der Waals surface area contributed by atoms with Crippen molar-refractivity contribution in [2.45, 2.75) is 44.7 Å². The summed E-state index contributed by atoms with van der Waals surface area (Å²) in [7, 11) is 1.98. The van der Waals surface area contributed by atoms with Crippen molar-refractivity contribution < 1.29 is 4.79 Å². The molecule has 1 N–H and O–H groups in total. The fourth-order valence-corrected chi connectivity index (χ4v) is 4.15. The summed E-state index contributed by atoms with van der Waals surface area (Å²) in [6.07, 6.45) is 6.02. The van der Waals surface area contributed by atoms with Gasteiger partial charge in [0.05, 0.1) is 12.2 Å². The number of aromatic nitrogens is 2. The van der Waals surface area contributed by atoms with E-state index in [9.17, 15) is 4.79 Å². The Morgan fingerprint density at radius 2 is 2.04 bits per heavy atom. The summed E-state index contributed by atoms with van der Waals surface area (Å²) in [5, 5.41) is 7.54. The van der Waals surface area contributed by atoms with Crippen LogP contribution in [0.5, 0.6) is 0 Å².